The fourth-order valence-electron chi connectivity index (χ4n) is 1.45. The highest BCUT2D eigenvalue weighted by molar-refractivity contribution is 7.71. The van der Waals surface area contributed by atoms with Gasteiger partial charge in [-0.1, -0.05) is 12.2 Å². The summed E-state index contributed by atoms with van der Waals surface area (Å²) in [5, 5.41) is 8.79. The maximum atomic E-state index is 5.13. The van der Waals surface area contributed by atoms with Gasteiger partial charge >= 0.3 is 0 Å². The van der Waals surface area contributed by atoms with Crippen LogP contribution in [0.3, 0.4) is 0 Å². The van der Waals surface area contributed by atoms with E-state index in [1.807, 2.05) is 4.40 Å². The molecule has 0 saturated heterocycles. The molecule has 0 aliphatic heterocycles. The molecule has 0 unspecified atom stereocenters. The zero-order chi connectivity index (χ0) is 8.84. The Bertz CT molecular complexity index is 631. The molecule has 0 aromatic carbocycles. The summed E-state index contributed by atoms with van der Waals surface area (Å²) >= 11 is 6.84. The Morgan fingerprint density at radius 2 is 2.38 bits per heavy atom. The van der Waals surface area contributed by atoms with Crippen LogP contribution in [0, 0.1) is 4.64 Å². The smallest absolute Gasteiger partial charge is 0.144 e. The minimum Gasteiger partial charge on any atom is -0.295 e. The largest absolute Gasteiger partial charge is 0.295 e. The normalized spacial score (nSPS) is 11.4. The third-order valence-corrected chi connectivity index (χ3v) is 3.19. The van der Waals surface area contributed by atoms with Gasteiger partial charge in [0, 0.05) is 0 Å². The van der Waals surface area contributed by atoms with Gasteiger partial charge in [-0.15, -0.1) is 11.3 Å². The zero-order valence-electron chi connectivity index (χ0n) is 6.52. The number of hydrogen-bond donors (Lipinski definition) is 1. The van der Waals surface area contributed by atoms with E-state index in [4.69, 9.17) is 12.2 Å². The van der Waals surface area contributed by atoms with Crippen LogP contribution in [0.5, 0.6) is 0 Å². The number of rotatable bonds is 0. The molecule has 64 valence electrons. The number of aromatic amines is 1. The van der Waals surface area contributed by atoms with Crippen molar-refractivity contribution in [2.24, 2.45) is 0 Å². The highest BCUT2D eigenvalue weighted by Crippen LogP contribution is 2.24. The highest BCUT2D eigenvalue weighted by atomic mass is 32.1. The lowest BCUT2D eigenvalue weighted by atomic mass is 10.5. The molecule has 3 aromatic rings. The Balaban J connectivity index is 2.74. The van der Waals surface area contributed by atoms with Gasteiger partial charge in [0.2, 0.25) is 0 Å². The van der Waals surface area contributed by atoms with Crippen LogP contribution < -0.4 is 0 Å². The average molecular weight is 207 g/mol. The van der Waals surface area contributed by atoms with E-state index in [1.165, 1.54) is 10.2 Å². The van der Waals surface area contributed by atoms with Gasteiger partial charge in [-0.25, -0.2) is 0 Å². The molecule has 0 fully saturated rings. The van der Waals surface area contributed by atoms with Crippen LogP contribution in [-0.2, 0) is 0 Å². The van der Waals surface area contributed by atoms with Crippen LogP contribution in [0.25, 0.3) is 15.7 Å². The molecule has 0 spiro atoms. The summed E-state index contributed by atoms with van der Waals surface area (Å²) in [4.78, 5) is 0. The number of fused-ring (bicyclic) bond motifs is 3. The van der Waals surface area contributed by atoms with E-state index in [-0.39, 0.29) is 0 Å². The van der Waals surface area contributed by atoms with Crippen molar-refractivity contribution in [2.75, 3.05) is 0 Å². The van der Waals surface area contributed by atoms with Crippen molar-refractivity contribution in [3.63, 3.8) is 0 Å². The molecule has 0 saturated carbocycles. The Hall–Kier alpha value is -1.20. The van der Waals surface area contributed by atoms with E-state index >= 15 is 0 Å². The predicted octanol–water partition coefficient (Wildman–Crippen LogP) is 2.61. The standard InChI is InChI=1S/C8H5N3S2/c12-8-6-3-7-5(1-2-13-7)11(6)4-9-10-8/h1-4H,(H,10,12). The van der Waals surface area contributed by atoms with Gasteiger partial charge in [0.05, 0.1) is 15.7 Å². The zero-order valence-corrected chi connectivity index (χ0v) is 8.15. The summed E-state index contributed by atoms with van der Waals surface area (Å²) in [7, 11) is 0. The molecular weight excluding hydrogens is 202 g/mol. The minimum atomic E-state index is 0.686. The summed E-state index contributed by atoms with van der Waals surface area (Å²) in [6.45, 7) is 0. The maximum absolute atomic E-state index is 5.13. The second kappa shape index (κ2) is 2.40. The number of thiophene rings is 1. The number of hydrogen-bond acceptors (Lipinski definition) is 3. The lowest BCUT2D eigenvalue weighted by molar-refractivity contribution is 0.951. The van der Waals surface area contributed by atoms with Crippen LogP contribution in [-0.4, -0.2) is 14.6 Å². The van der Waals surface area contributed by atoms with E-state index in [0.29, 0.717) is 4.64 Å². The van der Waals surface area contributed by atoms with E-state index in [2.05, 4.69) is 27.7 Å². The van der Waals surface area contributed by atoms with Crippen molar-refractivity contribution in [1.29, 1.82) is 0 Å². The van der Waals surface area contributed by atoms with Gasteiger partial charge in [0.1, 0.15) is 11.0 Å². The van der Waals surface area contributed by atoms with Gasteiger partial charge < -0.3 is 0 Å². The molecule has 0 amide bonds. The fourth-order valence-corrected chi connectivity index (χ4v) is 2.47. The van der Waals surface area contributed by atoms with Gasteiger partial charge in [0.25, 0.3) is 0 Å². The van der Waals surface area contributed by atoms with Gasteiger partial charge in [-0.3, -0.25) is 9.50 Å². The molecule has 1 N–H and O–H groups in total. The SMILES string of the molecule is S=c1[nH]ncn2c1cc1sccc12. The van der Waals surface area contributed by atoms with E-state index in [9.17, 15) is 0 Å². The number of nitrogens with zero attached hydrogens (tertiary/aromatic N) is 2. The molecule has 3 aromatic heterocycles. The maximum Gasteiger partial charge on any atom is 0.144 e. The Morgan fingerprint density at radius 1 is 1.46 bits per heavy atom. The van der Waals surface area contributed by atoms with Crippen molar-refractivity contribution in [1.82, 2.24) is 14.6 Å². The predicted molar refractivity (Wildman–Crippen MR) is 55.8 cm³/mol. The van der Waals surface area contributed by atoms with Crippen LogP contribution in [0.1, 0.15) is 0 Å². The molecular formula is C8H5N3S2. The number of H-pyrrole nitrogens is 1. The molecule has 3 nitrogen and oxygen atoms in total. The van der Waals surface area contributed by atoms with E-state index < -0.39 is 0 Å². The molecule has 3 rings (SSSR count). The van der Waals surface area contributed by atoms with Crippen LogP contribution in [0.15, 0.2) is 23.8 Å². The first kappa shape index (κ1) is 7.23. The molecule has 0 aliphatic rings. The van der Waals surface area contributed by atoms with E-state index in [0.717, 1.165) is 5.52 Å². The van der Waals surface area contributed by atoms with Gasteiger partial charge in [0.15, 0.2) is 0 Å². The first-order valence-corrected chi connectivity index (χ1v) is 5.07. The fraction of sp³-hybridized carbons (Fsp3) is 0. The van der Waals surface area contributed by atoms with Gasteiger partial charge in [-0.05, 0) is 17.5 Å². The third-order valence-electron chi connectivity index (χ3n) is 2.03. The Morgan fingerprint density at radius 3 is 3.31 bits per heavy atom. The summed E-state index contributed by atoms with van der Waals surface area (Å²) in [5.41, 5.74) is 2.19. The first-order chi connectivity index (χ1) is 6.36. The van der Waals surface area contributed by atoms with Crippen LogP contribution in [0.4, 0.5) is 0 Å². The van der Waals surface area contributed by atoms with Crippen LogP contribution in [0.2, 0.25) is 0 Å². The Kier molecular flexibility index (Phi) is 1.33. The second-order valence-corrected chi connectivity index (χ2v) is 4.11. The molecule has 5 heteroatoms. The first-order valence-electron chi connectivity index (χ1n) is 3.78. The van der Waals surface area contributed by atoms with Crippen molar-refractivity contribution in [2.45, 2.75) is 0 Å². The minimum absolute atomic E-state index is 0.686. The van der Waals surface area contributed by atoms with Crippen molar-refractivity contribution >= 4 is 39.3 Å². The molecule has 13 heavy (non-hydrogen) atoms. The molecule has 3 heterocycles. The van der Waals surface area contributed by atoms with Crippen LogP contribution >= 0.6 is 23.6 Å². The molecule has 0 aliphatic carbocycles. The van der Waals surface area contributed by atoms with Crippen molar-refractivity contribution in [3.05, 3.63) is 28.5 Å². The lowest BCUT2D eigenvalue weighted by Gasteiger charge is -1.92. The van der Waals surface area contributed by atoms with Gasteiger partial charge in [-0.2, -0.15) is 5.10 Å². The number of aromatic nitrogens is 3. The van der Waals surface area contributed by atoms with E-state index in [1.54, 1.807) is 17.7 Å². The summed E-state index contributed by atoms with van der Waals surface area (Å²) in [6.07, 6.45) is 1.75. The molecule has 0 bridgehead atoms. The molecule has 0 radical (unpaired) electrons. The summed E-state index contributed by atoms with van der Waals surface area (Å²) in [5.74, 6) is 0. The lowest BCUT2D eigenvalue weighted by Crippen LogP contribution is -1.89. The monoisotopic (exact) mass is 207 g/mol. The van der Waals surface area contributed by atoms with Crippen molar-refractivity contribution < 1.29 is 0 Å². The van der Waals surface area contributed by atoms with Crippen molar-refractivity contribution in [3.8, 4) is 0 Å². The average Bonchev–Trinajstić information content (AvgIpc) is 2.65. The molecule has 0 atom stereocenters. The number of nitrogens with one attached hydrogen (secondary N) is 1. The topological polar surface area (TPSA) is 33.1 Å². The highest BCUT2D eigenvalue weighted by Gasteiger charge is 2.03. The summed E-state index contributed by atoms with van der Waals surface area (Å²) < 4.78 is 3.93. The quantitative estimate of drug-likeness (QED) is 0.575. The second-order valence-electron chi connectivity index (χ2n) is 2.76. The Labute approximate surface area is 82.6 Å². The summed E-state index contributed by atoms with van der Waals surface area (Å²) in [6, 6.07) is 4.16. The third kappa shape index (κ3) is 0.882.